The Hall–Kier alpha value is -2.03. The lowest BCUT2D eigenvalue weighted by atomic mass is 10.0. The van der Waals surface area contributed by atoms with Crippen LogP contribution in [0.5, 0.6) is 0 Å². The molecule has 1 aliphatic rings. The van der Waals surface area contributed by atoms with Crippen LogP contribution in [-0.4, -0.2) is 31.2 Å². The first kappa shape index (κ1) is 19.7. The summed E-state index contributed by atoms with van der Waals surface area (Å²) in [7, 11) is -3.94. The molecule has 1 unspecified atom stereocenters. The van der Waals surface area contributed by atoms with Crippen LogP contribution in [0.3, 0.4) is 0 Å². The van der Waals surface area contributed by atoms with Crippen molar-refractivity contribution in [3.63, 3.8) is 0 Å². The maximum atomic E-state index is 13.8. The van der Waals surface area contributed by atoms with Crippen molar-refractivity contribution in [2.45, 2.75) is 30.2 Å². The molecule has 5 nitrogen and oxygen atoms in total. The number of piperidine rings is 1. The first-order valence-electron chi connectivity index (χ1n) is 8.32. The van der Waals surface area contributed by atoms with Crippen molar-refractivity contribution in [1.82, 2.24) is 4.31 Å². The highest BCUT2D eigenvalue weighted by Gasteiger charge is 2.37. The van der Waals surface area contributed by atoms with Crippen LogP contribution in [0.15, 0.2) is 47.4 Å². The van der Waals surface area contributed by atoms with Gasteiger partial charge in [0.1, 0.15) is 17.7 Å². The molecule has 0 spiro atoms. The minimum Gasteiger partial charge on any atom is -0.322 e. The third-order valence-electron chi connectivity index (χ3n) is 4.36. The standard InChI is InChI=1S/C18H17ClF2N2O3S/c19-12-4-7-14(8-5-12)27(25,26)23-10-2-1-3-17(23)18(24)22-16-11-13(20)6-9-15(16)21/h4-9,11,17H,1-3,10H2,(H,22,24). The quantitative estimate of drug-likeness (QED) is 0.827. The lowest BCUT2D eigenvalue weighted by Gasteiger charge is -2.33. The minimum atomic E-state index is -3.94. The Morgan fingerprint density at radius 3 is 2.52 bits per heavy atom. The van der Waals surface area contributed by atoms with E-state index in [9.17, 15) is 22.0 Å². The third-order valence-corrected chi connectivity index (χ3v) is 6.54. The molecule has 1 saturated heterocycles. The van der Waals surface area contributed by atoms with Gasteiger partial charge in [-0.25, -0.2) is 17.2 Å². The van der Waals surface area contributed by atoms with Gasteiger partial charge >= 0.3 is 0 Å². The van der Waals surface area contributed by atoms with Crippen molar-refractivity contribution >= 4 is 33.2 Å². The summed E-state index contributed by atoms with van der Waals surface area (Å²) in [6.45, 7) is 0.161. The number of sulfonamides is 1. The fourth-order valence-electron chi connectivity index (χ4n) is 3.01. The van der Waals surface area contributed by atoms with E-state index >= 15 is 0 Å². The van der Waals surface area contributed by atoms with E-state index < -0.39 is 33.6 Å². The minimum absolute atomic E-state index is 0.0172. The van der Waals surface area contributed by atoms with Crippen LogP contribution in [0.2, 0.25) is 5.02 Å². The zero-order valence-corrected chi connectivity index (χ0v) is 15.7. The number of hydrogen-bond donors (Lipinski definition) is 1. The predicted molar refractivity (Wildman–Crippen MR) is 98.0 cm³/mol. The summed E-state index contributed by atoms with van der Waals surface area (Å²) < 4.78 is 54.1. The summed E-state index contributed by atoms with van der Waals surface area (Å²) >= 11 is 5.81. The summed E-state index contributed by atoms with van der Waals surface area (Å²) in [5, 5.41) is 2.69. The molecule has 1 aliphatic heterocycles. The van der Waals surface area contributed by atoms with Gasteiger partial charge in [0.25, 0.3) is 0 Å². The van der Waals surface area contributed by atoms with Gasteiger partial charge in [-0.1, -0.05) is 18.0 Å². The van der Waals surface area contributed by atoms with Crippen molar-refractivity contribution in [3.8, 4) is 0 Å². The number of nitrogens with zero attached hydrogens (tertiary/aromatic N) is 1. The number of carbonyl (C=O) groups is 1. The molecule has 0 aliphatic carbocycles. The first-order valence-corrected chi connectivity index (χ1v) is 10.1. The number of hydrogen-bond acceptors (Lipinski definition) is 3. The first-order chi connectivity index (χ1) is 12.8. The fourth-order valence-corrected chi connectivity index (χ4v) is 4.79. The Kier molecular flexibility index (Phi) is 5.78. The van der Waals surface area contributed by atoms with Crippen LogP contribution in [0.1, 0.15) is 19.3 Å². The van der Waals surface area contributed by atoms with E-state index in [4.69, 9.17) is 11.6 Å². The van der Waals surface area contributed by atoms with Crippen LogP contribution < -0.4 is 5.32 Å². The average molecular weight is 415 g/mol. The molecule has 0 radical (unpaired) electrons. The highest BCUT2D eigenvalue weighted by atomic mass is 35.5. The lowest BCUT2D eigenvalue weighted by molar-refractivity contribution is -0.120. The van der Waals surface area contributed by atoms with Gasteiger partial charge in [-0.15, -0.1) is 0 Å². The Morgan fingerprint density at radius 1 is 1.11 bits per heavy atom. The maximum Gasteiger partial charge on any atom is 0.243 e. The molecule has 9 heteroatoms. The topological polar surface area (TPSA) is 66.5 Å². The Morgan fingerprint density at radius 2 is 1.81 bits per heavy atom. The molecule has 0 saturated carbocycles. The molecule has 1 N–H and O–H groups in total. The second kappa shape index (κ2) is 7.92. The van der Waals surface area contributed by atoms with Gasteiger partial charge in [-0.2, -0.15) is 4.31 Å². The SMILES string of the molecule is O=C(Nc1cc(F)ccc1F)C1CCCCN1S(=O)(=O)c1ccc(Cl)cc1. The van der Waals surface area contributed by atoms with E-state index in [0.29, 0.717) is 17.9 Å². The van der Waals surface area contributed by atoms with Crippen LogP contribution in [0, 0.1) is 11.6 Å². The van der Waals surface area contributed by atoms with Gasteiger partial charge in [0.15, 0.2) is 0 Å². The summed E-state index contributed by atoms with van der Waals surface area (Å²) in [5.74, 6) is -2.20. The summed E-state index contributed by atoms with van der Waals surface area (Å²) in [4.78, 5) is 12.7. The van der Waals surface area contributed by atoms with E-state index in [1.165, 1.54) is 24.3 Å². The monoisotopic (exact) mass is 414 g/mol. The van der Waals surface area contributed by atoms with Crippen molar-refractivity contribution in [2.24, 2.45) is 0 Å². The summed E-state index contributed by atoms with van der Waals surface area (Å²) in [5.41, 5.74) is -0.325. The molecule has 1 atom stereocenters. The van der Waals surface area contributed by atoms with E-state index in [0.717, 1.165) is 22.5 Å². The molecule has 27 heavy (non-hydrogen) atoms. The molecule has 2 aromatic carbocycles. The number of halogens is 3. The van der Waals surface area contributed by atoms with Crippen molar-refractivity contribution in [3.05, 3.63) is 59.1 Å². The van der Waals surface area contributed by atoms with Gasteiger partial charge in [0.2, 0.25) is 15.9 Å². The smallest absolute Gasteiger partial charge is 0.243 e. The Balaban J connectivity index is 1.87. The zero-order chi connectivity index (χ0) is 19.6. The Bertz CT molecular complexity index is 952. The molecule has 2 aromatic rings. The van der Waals surface area contributed by atoms with Crippen molar-refractivity contribution in [2.75, 3.05) is 11.9 Å². The molecule has 0 aromatic heterocycles. The van der Waals surface area contributed by atoms with Crippen LogP contribution in [-0.2, 0) is 14.8 Å². The summed E-state index contributed by atoms with van der Waals surface area (Å²) in [6, 6.07) is 7.32. The number of rotatable bonds is 4. The molecule has 1 fully saturated rings. The van der Waals surface area contributed by atoms with Crippen LogP contribution in [0.4, 0.5) is 14.5 Å². The van der Waals surface area contributed by atoms with Gasteiger partial charge in [0.05, 0.1) is 10.6 Å². The normalized spacial score (nSPS) is 18.3. The number of carbonyl (C=O) groups excluding carboxylic acids is 1. The fraction of sp³-hybridized carbons (Fsp3) is 0.278. The number of anilines is 1. The van der Waals surface area contributed by atoms with Gasteiger partial charge < -0.3 is 5.32 Å². The second-order valence-corrected chi connectivity index (χ2v) is 8.52. The average Bonchev–Trinajstić information content (AvgIpc) is 2.65. The Labute approximate surface area is 161 Å². The molecule has 3 rings (SSSR count). The number of nitrogens with one attached hydrogen (secondary N) is 1. The van der Waals surface area contributed by atoms with Gasteiger partial charge in [-0.3, -0.25) is 4.79 Å². The molecule has 1 heterocycles. The number of amides is 1. The molecule has 144 valence electrons. The van der Waals surface area contributed by atoms with E-state index in [1.807, 2.05) is 0 Å². The lowest BCUT2D eigenvalue weighted by Crippen LogP contribution is -2.49. The molecular weight excluding hydrogens is 398 g/mol. The third kappa shape index (κ3) is 4.28. The van der Waals surface area contributed by atoms with Crippen LogP contribution in [0.25, 0.3) is 0 Å². The maximum absolute atomic E-state index is 13.8. The van der Waals surface area contributed by atoms with Crippen molar-refractivity contribution in [1.29, 1.82) is 0 Å². The molecule has 0 bridgehead atoms. The highest BCUT2D eigenvalue weighted by molar-refractivity contribution is 7.89. The zero-order valence-electron chi connectivity index (χ0n) is 14.2. The van der Waals surface area contributed by atoms with E-state index in [-0.39, 0.29) is 23.5 Å². The molecule has 1 amide bonds. The molecular formula is C18H17ClF2N2O3S. The summed E-state index contributed by atoms with van der Waals surface area (Å²) in [6.07, 6.45) is 1.54. The van der Waals surface area contributed by atoms with E-state index in [1.54, 1.807) is 0 Å². The predicted octanol–water partition coefficient (Wildman–Crippen LogP) is 3.80. The van der Waals surface area contributed by atoms with E-state index in [2.05, 4.69) is 5.32 Å². The number of benzene rings is 2. The van der Waals surface area contributed by atoms with Gasteiger partial charge in [0, 0.05) is 17.6 Å². The van der Waals surface area contributed by atoms with Gasteiger partial charge in [-0.05, 0) is 49.2 Å². The van der Waals surface area contributed by atoms with Crippen LogP contribution >= 0.6 is 11.6 Å². The highest BCUT2D eigenvalue weighted by Crippen LogP contribution is 2.27. The van der Waals surface area contributed by atoms with Crippen molar-refractivity contribution < 1.29 is 22.0 Å². The largest absolute Gasteiger partial charge is 0.322 e. The second-order valence-electron chi connectivity index (χ2n) is 6.19.